The van der Waals surface area contributed by atoms with E-state index in [0.717, 1.165) is 12.8 Å². The molecule has 9 heteroatoms. The van der Waals surface area contributed by atoms with Crippen LogP contribution in [0.15, 0.2) is 18.2 Å². The predicted molar refractivity (Wildman–Crippen MR) is 82.9 cm³/mol. The zero-order valence-electron chi connectivity index (χ0n) is 10.7. The molecule has 0 aliphatic heterocycles. The van der Waals surface area contributed by atoms with E-state index in [2.05, 4.69) is 5.32 Å². The normalized spacial score (nSPS) is 9.05. The van der Waals surface area contributed by atoms with Crippen molar-refractivity contribution in [2.45, 2.75) is 12.8 Å². The van der Waals surface area contributed by atoms with Crippen LogP contribution in [0.4, 0.5) is 11.4 Å². The van der Waals surface area contributed by atoms with E-state index in [1.807, 2.05) is 0 Å². The smallest absolute Gasteiger partial charge is 0.293 e. The summed E-state index contributed by atoms with van der Waals surface area (Å²) in [5.41, 5.74) is 10.8. The molecule has 0 unspecified atom stereocenters. The molecule has 0 spiro atoms. The lowest BCUT2D eigenvalue weighted by molar-refractivity contribution is -0.384. The van der Waals surface area contributed by atoms with Gasteiger partial charge in [-0.15, -0.1) is 24.8 Å². The van der Waals surface area contributed by atoms with Gasteiger partial charge in [-0.1, -0.05) is 0 Å². The zero-order valence-corrected chi connectivity index (χ0v) is 12.3. The maximum Gasteiger partial charge on any atom is 0.293 e. The molecule has 7 nitrogen and oxygen atoms in total. The van der Waals surface area contributed by atoms with Crippen LogP contribution >= 0.6 is 24.8 Å². The first-order chi connectivity index (χ1) is 8.56. The summed E-state index contributed by atoms with van der Waals surface area (Å²) >= 11 is 0. The minimum Gasteiger partial charge on any atom is -0.379 e. The second-order valence-electron chi connectivity index (χ2n) is 3.78. The molecule has 0 saturated heterocycles. The summed E-state index contributed by atoms with van der Waals surface area (Å²) in [6.07, 6.45) is 1.67. The van der Waals surface area contributed by atoms with E-state index in [1.165, 1.54) is 18.2 Å². The first-order valence-electron chi connectivity index (χ1n) is 5.58. The Kier molecular flexibility index (Phi) is 10.6. The standard InChI is InChI=1S/C11H16N4O3.2ClH/c12-5-1-2-6-14-9-4-3-8(11(13)16)7-10(9)15(17)18;;/h3-4,7,14H,1-2,5-6,12H2,(H2,13,16);2*1H. The van der Waals surface area contributed by atoms with E-state index >= 15 is 0 Å². The Morgan fingerprint density at radius 1 is 1.30 bits per heavy atom. The summed E-state index contributed by atoms with van der Waals surface area (Å²) in [6, 6.07) is 4.12. The highest BCUT2D eigenvalue weighted by Gasteiger charge is 2.15. The summed E-state index contributed by atoms with van der Waals surface area (Å²) in [7, 11) is 0. The monoisotopic (exact) mass is 324 g/mol. The molecule has 0 fully saturated rings. The lowest BCUT2D eigenvalue weighted by Crippen LogP contribution is -2.12. The van der Waals surface area contributed by atoms with Gasteiger partial charge in [-0.25, -0.2) is 0 Å². The number of carbonyl (C=O) groups excluding carboxylic acids is 1. The molecule has 20 heavy (non-hydrogen) atoms. The van der Waals surface area contributed by atoms with Gasteiger partial charge in [0.15, 0.2) is 0 Å². The van der Waals surface area contributed by atoms with E-state index in [9.17, 15) is 14.9 Å². The quantitative estimate of drug-likeness (QED) is 0.400. The van der Waals surface area contributed by atoms with Crippen molar-refractivity contribution in [1.29, 1.82) is 0 Å². The van der Waals surface area contributed by atoms with Crippen LogP contribution in [-0.2, 0) is 0 Å². The number of amides is 1. The van der Waals surface area contributed by atoms with Gasteiger partial charge in [-0.2, -0.15) is 0 Å². The number of hydrogen-bond donors (Lipinski definition) is 3. The number of unbranched alkanes of at least 4 members (excludes halogenated alkanes) is 1. The van der Waals surface area contributed by atoms with Crippen LogP contribution in [0.25, 0.3) is 0 Å². The van der Waals surface area contributed by atoms with Crippen LogP contribution in [0.3, 0.4) is 0 Å². The molecular weight excluding hydrogens is 307 g/mol. The molecule has 114 valence electrons. The molecule has 5 N–H and O–H groups in total. The lowest BCUT2D eigenvalue weighted by atomic mass is 10.1. The molecular formula is C11H18Cl2N4O3. The average Bonchev–Trinajstić information content (AvgIpc) is 2.34. The molecule has 0 aliphatic rings. The van der Waals surface area contributed by atoms with Crippen molar-refractivity contribution in [3.8, 4) is 0 Å². The topological polar surface area (TPSA) is 124 Å². The molecule has 1 amide bonds. The number of carbonyl (C=O) groups is 1. The third-order valence-electron chi connectivity index (χ3n) is 2.43. The number of nitrogens with two attached hydrogens (primary N) is 2. The van der Waals surface area contributed by atoms with E-state index in [-0.39, 0.29) is 36.1 Å². The molecule has 0 aliphatic carbocycles. The Morgan fingerprint density at radius 3 is 2.45 bits per heavy atom. The Morgan fingerprint density at radius 2 is 1.95 bits per heavy atom. The molecule has 1 aromatic rings. The van der Waals surface area contributed by atoms with Crippen molar-refractivity contribution in [2.75, 3.05) is 18.4 Å². The van der Waals surface area contributed by atoms with Crippen LogP contribution in [0.2, 0.25) is 0 Å². The number of nitrogens with zero attached hydrogens (tertiary/aromatic N) is 1. The SMILES string of the molecule is Cl.Cl.NCCCCNc1ccc(C(N)=O)cc1[N+](=O)[O-]. The highest BCUT2D eigenvalue weighted by Crippen LogP contribution is 2.25. The molecule has 0 aromatic heterocycles. The van der Waals surface area contributed by atoms with Gasteiger partial charge in [0, 0.05) is 18.2 Å². The lowest BCUT2D eigenvalue weighted by Gasteiger charge is -2.07. The number of halogens is 2. The van der Waals surface area contributed by atoms with Crippen molar-refractivity contribution in [2.24, 2.45) is 11.5 Å². The predicted octanol–water partition coefficient (Wildman–Crippen LogP) is 1.69. The van der Waals surface area contributed by atoms with Crippen molar-refractivity contribution in [3.63, 3.8) is 0 Å². The average molecular weight is 325 g/mol. The fraction of sp³-hybridized carbons (Fsp3) is 0.364. The second kappa shape index (κ2) is 10.2. The number of nitro benzene ring substituents is 1. The van der Waals surface area contributed by atoms with E-state index in [0.29, 0.717) is 18.8 Å². The zero-order chi connectivity index (χ0) is 13.5. The van der Waals surface area contributed by atoms with Crippen molar-refractivity contribution in [3.05, 3.63) is 33.9 Å². The van der Waals surface area contributed by atoms with Gasteiger partial charge in [0.2, 0.25) is 5.91 Å². The highest BCUT2D eigenvalue weighted by atomic mass is 35.5. The first-order valence-corrected chi connectivity index (χ1v) is 5.58. The third-order valence-corrected chi connectivity index (χ3v) is 2.43. The van der Waals surface area contributed by atoms with Gasteiger partial charge in [0.25, 0.3) is 5.69 Å². The Balaban J connectivity index is 0. The third kappa shape index (κ3) is 6.05. The minimum absolute atomic E-state index is 0. The maximum atomic E-state index is 11.0. The van der Waals surface area contributed by atoms with E-state index in [4.69, 9.17) is 11.5 Å². The van der Waals surface area contributed by atoms with E-state index in [1.54, 1.807) is 0 Å². The minimum atomic E-state index is -0.687. The summed E-state index contributed by atoms with van der Waals surface area (Å²) in [4.78, 5) is 21.3. The molecule has 0 heterocycles. The van der Waals surface area contributed by atoms with Crippen LogP contribution in [-0.4, -0.2) is 23.9 Å². The Hall–Kier alpha value is -1.57. The Labute approximate surface area is 129 Å². The first kappa shape index (κ1) is 20.7. The van der Waals surface area contributed by atoms with Gasteiger partial charge in [-0.3, -0.25) is 14.9 Å². The number of rotatable bonds is 7. The summed E-state index contributed by atoms with van der Waals surface area (Å²) in [6.45, 7) is 1.18. The summed E-state index contributed by atoms with van der Waals surface area (Å²) in [5, 5.41) is 13.8. The Bertz CT molecular complexity index is 457. The molecule has 0 saturated carbocycles. The van der Waals surface area contributed by atoms with Gasteiger partial charge in [-0.05, 0) is 31.5 Å². The van der Waals surface area contributed by atoms with Gasteiger partial charge in [0.1, 0.15) is 5.69 Å². The fourth-order valence-electron chi connectivity index (χ4n) is 1.48. The highest BCUT2D eigenvalue weighted by molar-refractivity contribution is 5.94. The largest absolute Gasteiger partial charge is 0.379 e. The summed E-state index contributed by atoms with van der Waals surface area (Å²) < 4.78 is 0. The number of primary amides is 1. The van der Waals surface area contributed by atoms with Gasteiger partial charge < -0.3 is 16.8 Å². The van der Waals surface area contributed by atoms with Crippen LogP contribution in [0.1, 0.15) is 23.2 Å². The number of nitro groups is 1. The summed E-state index contributed by atoms with van der Waals surface area (Å²) in [5.74, 6) is -0.687. The number of hydrogen-bond acceptors (Lipinski definition) is 5. The fourth-order valence-corrected chi connectivity index (χ4v) is 1.48. The van der Waals surface area contributed by atoms with Crippen LogP contribution in [0, 0.1) is 10.1 Å². The van der Waals surface area contributed by atoms with Crippen LogP contribution in [0.5, 0.6) is 0 Å². The number of anilines is 1. The molecule has 0 radical (unpaired) electrons. The van der Waals surface area contributed by atoms with Crippen molar-refractivity contribution < 1.29 is 9.72 Å². The maximum absolute atomic E-state index is 11.0. The van der Waals surface area contributed by atoms with E-state index < -0.39 is 10.8 Å². The molecule has 0 atom stereocenters. The molecule has 0 bridgehead atoms. The van der Waals surface area contributed by atoms with Crippen molar-refractivity contribution in [1.82, 2.24) is 0 Å². The van der Waals surface area contributed by atoms with Gasteiger partial charge >= 0.3 is 0 Å². The second-order valence-corrected chi connectivity index (χ2v) is 3.78. The number of nitrogens with one attached hydrogen (secondary N) is 1. The van der Waals surface area contributed by atoms with Gasteiger partial charge in [0.05, 0.1) is 4.92 Å². The van der Waals surface area contributed by atoms with Crippen LogP contribution < -0.4 is 16.8 Å². The number of benzene rings is 1. The van der Waals surface area contributed by atoms with Crippen molar-refractivity contribution >= 4 is 42.1 Å². The molecule has 1 aromatic carbocycles. The molecule has 1 rings (SSSR count).